The molecule has 6 nitrogen and oxygen atoms in total. The molecule has 18 heavy (non-hydrogen) atoms. The first-order chi connectivity index (χ1) is 8.81. The molecule has 0 atom stereocenters. The zero-order valence-electron chi connectivity index (χ0n) is 10.0. The predicted octanol–water partition coefficient (Wildman–Crippen LogP) is 1.16. The van der Waals surface area contributed by atoms with Gasteiger partial charge in [0.2, 0.25) is 0 Å². The molecule has 1 heterocycles. The topological polar surface area (TPSA) is 88.4 Å². The maximum Gasteiger partial charge on any atom is 0.160 e. The fourth-order valence-electron chi connectivity index (χ4n) is 2.41. The van der Waals surface area contributed by atoms with Crippen LogP contribution in [0.4, 0.5) is 11.4 Å². The quantitative estimate of drug-likeness (QED) is 0.789. The molecule has 0 unspecified atom stereocenters. The van der Waals surface area contributed by atoms with E-state index in [1.54, 1.807) is 0 Å². The fourth-order valence-corrected chi connectivity index (χ4v) is 2.41. The number of nitrogens with zero attached hydrogens (tertiary/aromatic N) is 3. The standard InChI is InChI=1S/C12H16N4O2/c13-9-4-5-10(12-11(9)14-18-15-12)16(6-7-17)8-2-1-3-8/h4-5,8,17H,1-3,6-7,13H2. The molecule has 1 saturated carbocycles. The van der Waals surface area contributed by atoms with Crippen LogP contribution in [0.2, 0.25) is 0 Å². The van der Waals surface area contributed by atoms with E-state index in [2.05, 4.69) is 15.2 Å². The van der Waals surface area contributed by atoms with Crippen LogP contribution in [0.5, 0.6) is 0 Å². The number of hydrogen-bond acceptors (Lipinski definition) is 6. The van der Waals surface area contributed by atoms with Gasteiger partial charge in [0.05, 0.1) is 18.0 Å². The van der Waals surface area contributed by atoms with E-state index in [0.29, 0.717) is 29.3 Å². The molecular weight excluding hydrogens is 232 g/mol. The molecule has 0 aliphatic heterocycles. The molecule has 0 bridgehead atoms. The predicted molar refractivity (Wildman–Crippen MR) is 68.3 cm³/mol. The minimum atomic E-state index is 0.119. The summed E-state index contributed by atoms with van der Waals surface area (Å²) in [6.45, 7) is 0.712. The third kappa shape index (κ3) is 1.69. The van der Waals surface area contributed by atoms with Crippen LogP contribution in [0.15, 0.2) is 16.8 Å². The Morgan fingerprint density at radius 1 is 1.33 bits per heavy atom. The SMILES string of the molecule is Nc1ccc(N(CCO)C2CCC2)c2nonc12. The molecule has 0 saturated heterocycles. The van der Waals surface area contributed by atoms with Gasteiger partial charge in [-0.1, -0.05) is 0 Å². The number of rotatable bonds is 4. The molecular formula is C12H16N4O2. The van der Waals surface area contributed by atoms with Crippen molar-refractivity contribution in [3.63, 3.8) is 0 Å². The number of benzene rings is 1. The first-order valence-corrected chi connectivity index (χ1v) is 6.19. The summed E-state index contributed by atoms with van der Waals surface area (Å²) in [5, 5.41) is 17.0. The van der Waals surface area contributed by atoms with Crippen molar-refractivity contribution in [1.29, 1.82) is 0 Å². The summed E-state index contributed by atoms with van der Waals surface area (Å²) < 4.78 is 4.78. The number of hydrogen-bond donors (Lipinski definition) is 2. The Hall–Kier alpha value is -1.82. The number of anilines is 2. The molecule has 1 aromatic heterocycles. The second kappa shape index (κ2) is 4.45. The summed E-state index contributed by atoms with van der Waals surface area (Å²) in [7, 11) is 0. The summed E-state index contributed by atoms with van der Waals surface area (Å²) in [6, 6.07) is 4.21. The Kier molecular flexibility index (Phi) is 2.79. The van der Waals surface area contributed by atoms with Crippen LogP contribution in [0, 0.1) is 0 Å². The smallest absolute Gasteiger partial charge is 0.160 e. The third-order valence-corrected chi connectivity index (χ3v) is 3.59. The lowest BCUT2D eigenvalue weighted by molar-refractivity contribution is 0.283. The van der Waals surface area contributed by atoms with Crippen molar-refractivity contribution in [1.82, 2.24) is 10.3 Å². The Morgan fingerprint density at radius 2 is 2.11 bits per heavy atom. The second-order valence-corrected chi connectivity index (χ2v) is 4.64. The van der Waals surface area contributed by atoms with E-state index in [1.165, 1.54) is 6.42 Å². The maximum absolute atomic E-state index is 9.22. The van der Waals surface area contributed by atoms with Gasteiger partial charge in [-0.3, -0.25) is 0 Å². The molecule has 1 fully saturated rings. The number of fused-ring (bicyclic) bond motifs is 1. The molecule has 1 aliphatic rings. The normalized spacial score (nSPS) is 15.8. The van der Waals surface area contributed by atoms with Crippen molar-refractivity contribution in [2.45, 2.75) is 25.3 Å². The molecule has 1 aromatic carbocycles. The van der Waals surface area contributed by atoms with Crippen LogP contribution < -0.4 is 10.6 Å². The molecule has 0 amide bonds. The Balaban J connectivity index is 2.05. The van der Waals surface area contributed by atoms with Crippen molar-refractivity contribution in [3.05, 3.63) is 12.1 Å². The third-order valence-electron chi connectivity index (χ3n) is 3.59. The van der Waals surface area contributed by atoms with Gasteiger partial charge in [-0.25, -0.2) is 4.63 Å². The molecule has 96 valence electrons. The van der Waals surface area contributed by atoms with Crippen molar-refractivity contribution < 1.29 is 9.74 Å². The Bertz CT molecular complexity index is 550. The van der Waals surface area contributed by atoms with Crippen molar-refractivity contribution in [2.24, 2.45) is 0 Å². The Morgan fingerprint density at radius 3 is 2.78 bits per heavy atom. The van der Waals surface area contributed by atoms with Crippen LogP contribution in [-0.4, -0.2) is 34.6 Å². The lowest BCUT2D eigenvalue weighted by atomic mass is 9.91. The number of nitrogen functional groups attached to an aromatic ring is 1. The van der Waals surface area contributed by atoms with Gasteiger partial charge in [-0.2, -0.15) is 0 Å². The molecule has 3 N–H and O–H groups in total. The largest absolute Gasteiger partial charge is 0.397 e. The van der Waals surface area contributed by atoms with E-state index in [4.69, 9.17) is 10.4 Å². The summed E-state index contributed by atoms with van der Waals surface area (Å²) in [5.41, 5.74) is 8.61. The van der Waals surface area contributed by atoms with Crippen LogP contribution in [-0.2, 0) is 0 Å². The molecule has 1 aliphatic carbocycles. The van der Waals surface area contributed by atoms with Crippen molar-refractivity contribution >= 4 is 22.4 Å². The highest BCUT2D eigenvalue weighted by Crippen LogP contribution is 2.34. The van der Waals surface area contributed by atoms with Crippen molar-refractivity contribution in [2.75, 3.05) is 23.8 Å². The van der Waals surface area contributed by atoms with E-state index in [1.807, 2.05) is 12.1 Å². The summed E-state index contributed by atoms with van der Waals surface area (Å²) in [4.78, 5) is 2.18. The van der Waals surface area contributed by atoms with Crippen molar-refractivity contribution in [3.8, 4) is 0 Å². The monoisotopic (exact) mass is 248 g/mol. The zero-order valence-corrected chi connectivity index (χ0v) is 10.0. The number of aromatic nitrogens is 2. The highest BCUT2D eigenvalue weighted by molar-refractivity contribution is 5.95. The van der Waals surface area contributed by atoms with Gasteiger partial charge in [-0.15, -0.1) is 0 Å². The first kappa shape index (κ1) is 11.3. The van der Waals surface area contributed by atoms with Gasteiger partial charge in [0.25, 0.3) is 0 Å². The molecule has 2 aromatic rings. The summed E-state index contributed by atoms with van der Waals surface area (Å²) in [6.07, 6.45) is 3.54. The second-order valence-electron chi connectivity index (χ2n) is 4.64. The van der Waals surface area contributed by atoms with E-state index in [0.717, 1.165) is 18.5 Å². The first-order valence-electron chi connectivity index (χ1n) is 6.19. The van der Waals surface area contributed by atoms with Crippen LogP contribution >= 0.6 is 0 Å². The van der Waals surface area contributed by atoms with Crippen LogP contribution in [0.25, 0.3) is 11.0 Å². The van der Waals surface area contributed by atoms with Crippen LogP contribution in [0.1, 0.15) is 19.3 Å². The Labute approximate surface area is 104 Å². The average molecular weight is 248 g/mol. The van der Waals surface area contributed by atoms with Crippen LogP contribution in [0.3, 0.4) is 0 Å². The number of aliphatic hydroxyl groups excluding tert-OH is 1. The summed E-state index contributed by atoms with van der Waals surface area (Å²) in [5.74, 6) is 0. The van der Waals surface area contributed by atoms with E-state index < -0.39 is 0 Å². The minimum Gasteiger partial charge on any atom is -0.397 e. The van der Waals surface area contributed by atoms with Gasteiger partial charge < -0.3 is 15.7 Å². The number of aliphatic hydroxyl groups is 1. The van der Waals surface area contributed by atoms with Gasteiger partial charge in [0.15, 0.2) is 11.0 Å². The lowest BCUT2D eigenvalue weighted by Crippen LogP contribution is -2.42. The number of nitrogens with two attached hydrogens (primary N) is 1. The minimum absolute atomic E-state index is 0.119. The van der Waals surface area contributed by atoms with E-state index >= 15 is 0 Å². The fraction of sp³-hybridized carbons (Fsp3) is 0.500. The average Bonchev–Trinajstić information content (AvgIpc) is 2.76. The van der Waals surface area contributed by atoms with E-state index in [9.17, 15) is 5.11 Å². The van der Waals surface area contributed by atoms with Gasteiger partial charge >= 0.3 is 0 Å². The highest BCUT2D eigenvalue weighted by atomic mass is 16.6. The molecule has 0 spiro atoms. The van der Waals surface area contributed by atoms with Gasteiger partial charge in [0, 0.05) is 12.6 Å². The zero-order chi connectivity index (χ0) is 12.5. The molecule has 0 radical (unpaired) electrons. The maximum atomic E-state index is 9.22. The van der Waals surface area contributed by atoms with Gasteiger partial charge in [0.1, 0.15) is 0 Å². The molecule has 3 rings (SSSR count). The molecule has 6 heteroatoms. The summed E-state index contributed by atoms with van der Waals surface area (Å²) >= 11 is 0. The lowest BCUT2D eigenvalue weighted by Gasteiger charge is -2.38. The van der Waals surface area contributed by atoms with E-state index in [-0.39, 0.29) is 6.61 Å². The van der Waals surface area contributed by atoms with Gasteiger partial charge in [-0.05, 0) is 41.7 Å². The highest BCUT2D eigenvalue weighted by Gasteiger charge is 2.27.